The Hall–Kier alpha value is -1.06. The summed E-state index contributed by atoms with van der Waals surface area (Å²) in [5, 5.41) is 3.43. The summed E-state index contributed by atoms with van der Waals surface area (Å²) in [4.78, 5) is 9.60. The van der Waals surface area contributed by atoms with Crippen molar-refractivity contribution in [3.63, 3.8) is 0 Å². The first-order valence-electron chi connectivity index (χ1n) is 10.00. The Bertz CT molecular complexity index is 560. The largest absolute Gasteiger partial charge is 0.497 e. The normalized spacial score (nSPS) is 15.8. The SMILES string of the molecule is CCNC(=NCC1CCN(CCOC)CC1)N(C)Cc1ccc(OC)cc1.I. The number of halogens is 1. The molecule has 0 spiro atoms. The van der Waals surface area contributed by atoms with Gasteiger partial charge in [0.1, 0.15) is 5.75 Å². The fourth-order valence-electron chi connectivity index (χ4n) is 3.38. The van der Waals surface area contributed by atoms with Gasteiger partial charge in [0.05, 0.1) is 13.7 Å². The number of piperidine rings is 1. The van der Waals surface area contributed by atoms with Gasteiger partial charge in [-0.15, -0.1) is 24.0 Å². The molecule has 6 nitrogen and oxygen atoms in total. The fraction of sp³-hybridized carbons (Fsp3) is 0.667. The lowest BCUT2D eigenvalue weighted by molar-refractivity contribution is 0.121. The van der Waals surface area contributed by atoms with Gasteiger partial charge in [-0.2, -0.15) is 0 Å². The van der Waals surface area contributed by atoms with Crippen LogP contribution < -0.4 is 10.1 Å². The molecule has 1 saturated heterocycles. The van der Waals surface area contributed by atoms with Crippen LogP contribution in [-0.2, 0) is 11.3 Å². The van der Waals surface area contributed by atoms with E-state index in [0.717, 1.165) is 57.6 Å². The van der Waals surface area contributed by atoms with Crippen LogP contribution >= 0.6 is 24.0 Å². The molecule has 1 aromatic rings. The van der Waals surface area contributed by atoms with Crippen molar-refractivity contribution in [3.05, 3.63) is 29.8 Å². The molecule has 0 atom stereocenters. The molecule has 0 radical (unpaired) electrons. The Morgan fingerprint density at radius 1 is 1.21 bits per heavy atom. The molecule has 0 unspecified atom stereocenters. The lowest BCUT2D eigenvalue weighted by Gasteiger charge is -2.31. The van der Waals surface area contributed by atoms with Crippen LogP contribution in [0.3, 0.4) is 0 Å². The van der Waals surface area contributed by atoms with Gasteiger partial charge in [-0.25, -0.2) is 0 Å². The van der Waals surface area contributed by atoms with Gasteiger partial charge in [-0.3, -0.25) is 4.99 Å². The van der Waals surface area contributed by atoms with Crippen LogP contribution in [0.15, 0.2) is 29.3 Å². The van der Waals surface area contributed by atoms with Crippen molar-refractivity contribution in [3.8, 4) is 5.75 Å². The maximum Gasteiger partial charge on any atom is 0.193 e. The molecular weight excluding hydrogens is 467 g/mol. The van der Waals surface area contributed by atoms with Crippen LogP contribution in [0, 0.1) is 5.92 Å². The highest BCUT2D eigenvalue weighted by Crippen LogP contribution is 2.17. The lowest BCUT2D eigenvalue weighted by atomic mass is 9.97. The number of nitrogens with zero attached hydrogens (tertiary/aromatic N) is 3. The number of benzene rings is 1. The minimum atomic E-state index is 0. The summed E-state index contributed by atoms with van der Waals surface area (Å²) in [6.45, 7) is 8.89. The van der Waals surface area contributed by atoms with E-state index in [1.165, 1.54) is 18.4 Å². The van der Waals surface area contributed by atoms with Crippen molar-refractivity contribution >= 4 is 29.9 Å². The van der Waals surface area contributed by atoms with Gasteiger partial charge < -0.3 is 24.6 Å². The quantitative estimate of drug-likeness (QED) is 0.318. The van der Waals surface area contributed by atoms with Crippen LogP contribution in [0.2, 0.25) is 0 Å². The van der Waals surface area contributed by atoms with E-state index in [0.29, 0.717) is 5.92 Å². The van der Waals surface area contributed by atoms with Crippen molar-refractivity contribution in [2.45, 2.75) is 26.3 Å². The van der Waals surface area contributed by atoms with Crippen LogP contribution in [-0.4, -0.2) is 76.4 Å². The van der Waals surface area contributed by atoms with Gasteiger partial charge in [0.2, 0.25) is 0 Å². The molecule has 0 amide bonds. The topological polar surface area (TPSA) is 49.3 Å². The zero-order valence-corrected chi connectivity index (χ0v) is 20.1. The first-order valence-corrected chi connectivity index (χ1v) is 10.00. The number of likely N-dealkylation sites (tertiary alicyclic amines) is 1. The molecular formula is C21H37IN4O2. The van der Waals surface area contributed by atoms with E-state index < -0.39 is 0 Å². The van der Waals surface area contributed by atoms with Gasteiger partial charge in [0.15, 0.2) is 5.96 Å². The van der Waals surface area contributed by atoms with E-state index in [1.807, 2.05) is 12.1 Å². The van der Waals surface area contributed by atoms with Crippen molar-refractivity contribution in [2.24, 2.45) is 10.9 Å². The van der Waals surface area contributed by atoms with E-state index in [-0.39, 0.29) is 24.0 Å². The second-order valence-corrected chi connectivity index (χ2v) is 7.18. The molecule has 0 aliphatic carbocycles. The highest BCUT2D eigenvalue weighted by atomic mass is 127. The first-order chi connectivity index (χ1) is 13.2. The number of methoxy groups -OCH3 is 2. The third kappa shape index (κ3) is 8.53. The number of rotatable bonds is 9. The average Bonchev–Trinajstić information content (AvgIpc) is 2.70. The highest BCUT2D eigenvalue weighted by Gasteiger charge is 2.19. The summed E-state index contributed by atoms with van der Waals surface area (Å²) >= 11 is 0. The van der Waals surface area contributed by atoms with E-state index in [1.54, 1.807) is 14.2 Å². The summed E-state index contributed by atoms with van der Waals surface area (Å²) in [6, 6.07) is 8.22. The van der Waals surface area contributed by atoms with E-state index in [9.17, 15) is 0 Å². The molecule has 1 fully saturated rings. The molecule has 0 bridgehead atoms. The third-order valence-corrected chi connectivity index (χ3v) is 5.09. The van der Waals surface area contributed by atoms with Crippen LogP contribution in [0.4, 0.5) is 0 Å². The average molecular weight is 504 g/mol. The molecule has 7 heteroatoms. The monoisotopic (exact) mass is 504 g/mol. The summed E-state index contributed by atoms with van der Waals surface area (Å²) in [6.07, 6.45) is 2.43. The second-order valence-electron chi connectivity index (χ2n) is 7.18. The molecule has 1 aliphatic rings. The minimum absolute atomic E-state index is 0. The second kappa shape index (κ2) is 14.0. The first kappa shape index (κ1) is 25.0. The van der Waals surface area contributed by atoms with Crippen LogP contribution in [0.5, 0.6) is 5.75 Å². The Kier molecular flexibility index (Phi) is 12.5. The van der Waals surface area contributed by atoms with E-state index >= 15 is 0 Å². The molecule has 2 rings (SSSR count). The smallest absolute Gasteiger partial charge is 0.193 e. The third-order valence-electron chi connectivity index (χ3n) is 5.09. The summed E-state index contributed by atoms with van der Waals surface area (Å²) in [5.41, 5.74) is 1.25. The maximum atomic E-state index is 5.24. The van der Waals surface area contributed by atoms with Gasteiger partial charge in [-0.1, -0.05) is 12.1 Å². The molecule has 1 aromatic carbocycles. The number of hydrogen-bond acceptors (Lipinski definition) is 4. The summed E-state index contributed by atoms with van der Waals surface area (Å²) in [5.74, 6) is 2.54. The molecule has 1 aliphatic heterocycles. The van der Waals surface area contributed by atoms with E-state index in [4.69, 9.17) is 14.5 Å². The molecule has 0 aromatic heterocycles. The fourth-order valence-corrected chi connectivity index (χ4v) is 3.38. The number of ether oxygens (including phenoxy) is 2. The number of hydrogen-bond donors (Lipinski definition) is 1. The predicted octanol–water partition coefficient (Wildman–Crippen LogP) is 3.07. The van der Waals surface area contributed by atoms with Gasteiger partial charge in [0.25, 0.3) is 0 Å². The Balaban J connectivity index is 0.00000392. The van der Waals surface area contributed by atoms with Crippen LogP contribution in [0.25, 0.3) is 0 Å². The van der Waals surface area contributed by atoms with Crippen molar-refractivity contribution < 1.29 is 9.47 Å². The number of guanidine groups is 1. The molecule has 1 N–H and O–H groups in total. The Morgan fingerprint density at radius 2 is 1.89 bits per heavy atom. The van der Waals surface area contributed by atoms with Crippen LogP contribution in [0.1, 0.15) is 25.3 Å². The number of aliphatic imine (C=N–C) groups is 1. The number of nitrogens with one attached hydrogen (secondary N) is 1. The predicted molar refractivity (Wildman–Crippen MR) is 127 cm³/mol. The molecule has 160 valence electrons. The minimum Gasteiger partial charge on any atom is -0.497 e. The van der Waals surface area contributed by atoms with Gasteiger partial charge >= 0.3 is 0 Å². The zero-order chi connectivity index (χ0) is 19.5. The highest BCUT2D eigenvalue weighted by molar-refractivity contribution is 14.0. The summed E-state index contributed by atoms with van der Waals surface area (Å²) in [7, 11) is 5.56. The Morgan fingerprint density at radius 3 is 2.46 bits per heavy atom. The summed E-state index contributed by atoms with van der Waals surface area (Å²) < 4.78 is 10.4. The molecule has 1 heterocycles. The molecule has 0 saturated carbocycles. The van der Waals surface area contributed by atoms with Crippen molar-refractivity contribution in [2.75, 3.05) is 60.6 Å². The molecule has 28 heavy (non-hydrogen) atoms. The van der Waals surface area contributed by atoms with Gasteiger partial charge in [-0.05, 0) is 56.5 Å². The van der Waals surface area contributed by atoms with Gasteiger partial charge in [0, 0.05) is 40.3 Å². The standard InChI is InChI=1S/C21H36N4O2.HI/c1-5-22-21(24(2)17-19-6-8-20(27-4)9-7-19)23-16-18-10-12-25(13-11-18)14-15-26-3;/h6-9,18H,5,10-17H2,1-4H3,(H,22,23);1H. The van der Waals surface area contributed by atoms with E-state index in [2.05, 4.69) is 41.2 Å². The maximum absolute atomic E-state index is 5.24. The zero-order valence-electron chi connectivity index (χ0n) is 17.8. The lowest BCUT2D eigenvalue weighted by Crippen LogP contribution is -2.40. The Labute approximate surface area is 187 Å². The van der Waals surface area contributed by atoms with Crippen molar-refractivity contribution in [1.29, 1.82) is 0 Å². The van der Waals surface area contributed by atoms with Crippen molar-refractivity contribution in [1.82, 2.24) is 15.1 Å².